The van der Waals surface area contributed by atoms with Crippen molar-refractivity contribution in [2.24, 2.45) is 0 Å². The molecule has 1 aliphatic rings. The zero-order valence-electron chi connectivity index (χ0n) is 7.61. The number of carbonyl (C=O) groups excluding carboxylic acids is 1. The summed E-state index contributed by atoms with van der Waals surface area (Å²) in [7, 11) is 1.55. The number of methoxy groups -OCH3 is 1. The van der Waals surface area contributed by atoms with Crippen LogP contribution in [0.5, 0.6) is 11.5 Å². The zero-order chi connectivity index (χ0) is 9.97. The van der Waals surface area contributed by atoms with Gasteiger partial charge in [-0.05, 0) is 18.2 Å². The Morgan fingerprint density at radius 1 is 1.43 bits per heavy atom. The average Bonchev–Trinajstić information content (AvgIpc) is 2.40. The molecule has 4 heteroatoms. The Morgan fingerprint density at radius 2 is 2.29 bits per heavy atom. The molecule has 1 N–H and O–H groups in total. The van der Waals surface area contributed by atoms with Crippen LogP contribution in [0.25, 0.3) is 0 Å². The largest absolute Gasteiger partial charge is 0.497 e. The van der Waals surface area contributed by atoms with Gasteiger partial charge in [-0.25, -0.2) is 0 Å². The van der Waals surface area contributed by atoms with E-state index in [2.05, 4.69) is 5.32 Å². The molecule has 14 heavy (non-hydrogen) atoms. The summed E-state index contributed by atoms with van der Waals surface area (Å²) >= 11 is 0. The van der Waals surface area contributed by atoms with Crippen molar-refractivity contribution in [2.45, 2.75) is 0 Å². The molecule has 72 valence electrons. The van der Waals surface area contributed by atoms with E-state index in [1.807, 2.05) is 0 Å². The van der Waals surface area contributed by atoms with Crippen LogP contribution >= 0.6 is 0 Å². The van der Waals surface area contributed by atoms with E-state index in [1.165, 1.54) is 12.5 Å². The van der Waals surface area contributed by atoms with Gasteiger partial charge >= 0.3 is 0 Å². The molecule has 1 aliphatic heterocycles. The fourth-order valence-electron chi connectivity index (χ4n) is 1.21. The number of carbonyl (C=O) groups is 1. The van der Waals surface area contributed by atoms with E-state index < -0.39 is 0 Å². The van der Waals surface area contributed by atoms with Gasteiger partial charge in [-0.2, -0.15) is 0 Å². The second kappa shape index (κ2) is 3.41. The number of fused-ring (bicyclic) bond motifs is 1. The Bertz CT molecular complexity index is 398. The van der Waals surface area contributed by atoms with E-state index in [0.29, 0.717) is 17.1 Å². The lowest BCUT2D eigenvalue weighted by Gasteiger charge is -2.06. The summed E-state index contributed by atoms with van der Waals surface area (Å²) < 4.78 is 10.2. The molecule has 1 aromatic rings. The van der Waals surface area contributed by atoms with E-state index in [4.69, 9.17) is 9.47 Å². The molecule has 0 bridgehead atoms. The molecule has 0 spiro atoms. The third kappa shape index (κ3) is 1.42. The van der Waals surface area contributed by atoms with Crippen molar-refractivity contribution in [3.8, 4) is 11.5 Å². The lowest BCUT2D eigenvalue weighted by molar-refractivity contribution is 0.0970. The Morgan fingerprint density at radius 3 is 3.07 bits per heavy atom. The molecule has 1 heterocycles. The molecule has 1 amide bonds. The molecule has 1 aromatic carbocycles. The number of nitrogens with one attached hydrogen (secondary N) is 1. The maximum Gasteiger partial charge on any atom is 0.259 e. The third-order valence-electron chi connectivity index (χ3n) is 1.91. The van der Waals surface area contributed by atoms with Crippen molar-refractivity contribution in [3.05, 3.63) is 36.2 Å². The predicted octanol–water partition coefficient (Wildman–Crippen LogP) is 1.29. The van der Waals surface area contributed by atoms with Crippen molar-refractivity contribution in [1.82, 2.24) is 5.32 Å². The van der Waals surface area contributed by atoms with Crippen LogP contribution in [-0.2, 0) is 0 Å². The molecule has 0 aliphatic carbocycles. The van der Waals surface area contributed by atoms with Gasteiger partial charge in [0, 0.05) is 6.20 Å². The highest BCUT2D eigenvalue weighted by molar-refractivity contribution is 5.98. The Hall–Kier alpha value is -1.97. The molecular formula is C10H9NO3. The lowest BCUT2D eigenvalue weighted by atomic mass is 10.2. The topological polar surface area (TPSA) is 47.6 Å². The van der Waals surface area contributed by atoms with E-state index in [9.17, 15) is 4.79 Å². The number of benzene rings is 1. The van der Waals surface area contributed by atoms with E-state index in [-0.39, 0.29) is 5.91 Å². The molecule has 0 aromatic heterocycles. The van der Waals surface area contributed by atoms with Gasteiger partial charge in [0.25, 0.3) is 5.91 Å². The molecule has 0 atom stereocenters. The highest BCUT2D eigenvalue weighted by Gasteiger charge is 2.14. The van der Waals surface area contributed by atoms with Crippen LogP contribution in [0, 0.1) is 0 Å². The highest BCUT2D eigenvalue weighted by atomic mass is 16.5. The van der Waals surface area contributed by atoms with Crippen molar-refractivity contribution >= 4 is 5.91 Å². The summed E-state index contributed by atoms with van der Waals surface area (Å²) in [5, 5.41) is 2.55. The number of rotatable bonds is 1. The summed E-state index contributed by atoms with van der Waals surface area (Å²) in [5.41, 5.74) is 0.467. The first-order chi connectivity index (χ1) is 6.81. The van der Waals surface area contributed by atoms with Gasteiger partial charge in [-0.3, -0.25) is 4.79 Å². The predicted molar refractivity (Wildman–Crippen MR) is 50.2 cm³/mol. The first-order valence-corrected chi connectivity index (χ1v) is 4.12. The van der Waals surface area contributed by atoms with E-state index >= 15 is 0 Å². The Kier molecular flexibility index (Phi) is 2.10. The molecule has 2 rings (SSSR count). The molecule has 0 fully saturated rings. The second-order valence-electron chi connectivity index (χ2n) is 2.76. The van der Waals surface area contributed by atoms with Crippen LogP contribution in [0.3, 0.4) is 0 Å². The number of hydrogen-bond acceptors (Lipinski definition) is 3. The monoisotopic (exact) mass is 191 g/mol. The standard InChI is InChI=1S/C10H9NO3/c1-13-7-2-3-9-8(6-7)10(12)11-4-5-14-9/h2-6H,1H3,(H,11,12). The molecule has 4 nitrogen and oxygen atoms in total. The van der Waals surface area contributed by atoms with Crippen LogP contribution in [0.2, 0.25) is 0 Å². The van der Waals surface area contributed by atoms with Gasteiger partial charge in [-0.15, -0.1) is 0 Å². The summed E-state index contributed by atoms with van der Waals surface area (Å²) in [4.78, 5) is 11.5. The maximum atomic E-state index is 11.5. The van der Waals surface area contributed by atoms with E-state index in [1.54, 1.807) is 25.3 Å². The van der Waals surface area contributed by atoms with Crippen LogP contribution in [-0.4, -0.2) is 13.0 Å². The maximum absolute atomic E-state index is 11.5. The van der Waals surface area contributed by atoms with Crippen LogP contribution in [0.4, 0.5) is 0 Å². The smallest absolute Gasteiger partial charge is 0.259 e. The van der Waals surface area contributed by atoms with Gasteiger partial charge in [0.05, 0.1) is 12.7 Å². The fraction of sp³-hybridized carbons (Fsp3) is 0.100. The molecule has 0 radical (unpaired) electrons. The van der Waals surface area contributed by atoms with Crippen molar-refractivity contribution in [1.29, 1.82) is 0 Å². The van der Waals surface area contributed by atoms with Crippen LogP contribution in [0.1, 0.15) is 10.4 Å². The van der Waals surface area contributed by atoms with E-state index in [0.717, 1.165) is 0 Å². The summed E-state index contributed by atoms with van der Waals surface area (Å²) in [6.07, 6.45) is 2.88. The summed E-state index contributed by atoms with van der Waals surface area (Å²) in [5.74, 6) is 0.953. The molecule has 0 unspecified atom stereocenters. The van der Waals surface area contributed by atoms with Crippen molar-refractivity contribution in [3.63, 3.8) is 0 Å². The third-order valence-corrected chi connectivity index (χ3v) is 1.91. The number of ether oxygens (including phenoxy) is 2. The van der Waals surface area contributed by atoms with Crippen molar-refractivity contribution < 1.29 is 14.3 Å². The van der Waals surface area contributed by atoms with Gasteiger partial charge < -0.3 is 14.8 Å². The highest BCUT2D eigenvalue weighted by Crippen LogP contribution is 2.25. The quantitative estimate of drug-likeness (QED) is 0.727. The normalized spacial score (nSPS) is 13.6. The molecule has 0 saturated heterocycles. The first kappa shape index (κ1) is 8.62. The lowest BCUT2D eigenvalue weighted by Crippen LogP contribution is -2.15. The van der Waals surface area contributed by atoms with Crippen molar-refractivity contribution in [2.75, 3.05) is 7.11 Å². The zero-order valence-corrected chi connectivity index (χ0v) is 7.61. The second-order valence-corrected chi connectivity index (χ2v) is 2.76. The number of hydrogen-bond donors (Lipinski definition) is 1. The Labute approximate surface area is 81.1 Å². The summed E-state index contributed by atoms with van der Waals surface area (Å²) in [6, 6.07) is 5.08. The Balaban J connectivity index is 2.48. The minimum absolute atomic E-state index is 0.201. The van der Waals surface area contributed by atoms with Gasteiger partial charge in [-0.1, -0.05) is 0 Å². The first-order valence-electron chi connectivity index (χ1n) is 4.12. The fourth-order valence-corrected chi connectivity index (χ4v) is 1.21. The van der Waals surface area contributed by atoms with Gasteiger partial charge in [0.2, 0.25) is 0 Å². The minimum atomic E-state index is -0.201. The molecule has 0 saturated carbocycles. The number of amides is 1. The average molecular weight is 191 g/mol. The van der Waals surface area contributed by atoms with Gasteiger partial charge in [0.1, 0.15) is 17.8 Å². The minimum Gasteiger partial charge on any atom is -0.497 e. The summed E-state index contributed by atoms with van der Waals surface area (Å²) in [6.45, 7) is 0. The van der Waals surface area contributed by atoms with Crippen LogP contribution in [0.15, 0.2) is 30.7 Å². The molecular weight excluding hydrogens is 182 g/mol. The van der Waals surface area contributed by atoms with Gasteiger partial charge in [0.15, 0.2) is 0 Å². The van der Waals surface area contributed by atoms with Crippen LogP contribution < -0.4 is 14.8 Å². The SMILES string of the molecule is COc1ccc2c(c1)C(=O)NC=CO2.